The minimum Gasteiger partial charge on any atom is -0.488 e. The molecule has 39 heavy (non-hydrogen) atoms. The minimum atomic E-state index is -0.621. The van der Waals surface area contributed by atoms with Gasteiger partial charge in [0.1, 0.15) is 34.7 Å². The summed E-state index contributed by atoms with van der Waals surface area (Å²) in [5, 5.41) is 6.82. The largest absolute Gasteiger partial charge is 0.488 e. The number of rotatable bonds is 10. The van der Waals surface area contributed by atoms with Crippen molar-refractivity contribution in [3.8, 4) is 5.75 Å². The van der Waals surface area contributed by atoms with E-state index >= 15 is 0 Å². The molecule has 0 fully saturated rings. The Labute approximate surface area is 234 Å². The van der Waals surface area contributed by atoms with Gasteiger partial charge in [0.05, 0.1) is 17.6 Å². The van der Waals surface area contributed by atoms with Crippen molar-refractivity contribution in [2.24, 2.45) is 0 Å². The Morgan fingerprint density at radius 3 is 2.62 bits per heavy atom. The highest BCUT2D eigenvalue weighted by molar-refractivity contribution is 9.10. The number of fused-ring (bicyclic) bond motifs is 1. The molecule has 0 saturated carbocycles. The van der Waals surface area contributed by atoms with E-state index in [9.17, 15) is 14.0 Å². The average molecular weight is 609 g/mol. The number of aromatic nitrogens is 3. The summed E-state index contributed by atoms with van der Waals surface area (Å²) in [5.41, 5.74) is 6.21. The van der Waals surface area contributed by atoms with E-state index < -0.39 is 29.6 Å². The first-order valence-electron chi connectivity index (χ1n) is 12.5. The molecule has 2 heterocycles. The lowest BCUT2D eigenvalue weighted by Crippen LogP contribution is -2.37. The third-order valence-electron chi connectivity index (χ3n) is 5.45. The number of nitrogens with one attached hydrogen (secondary N) is 1. The maximum Gasteiger partial charge on any atom is 0.407 e. The van der Waals surface area contributed by atoms with Crippen LogP contribution < -0.4 is 20.7 Å². The van der Waals surface area contributed by atoms with Crippen LogP contribution in [-0.4, -0.2) is 58.1 Å². The van der Waals surface area contributed by atoms with Crippen molar-refractivity contribution >= 4 is 45.3 Å². The van der Waals surface area contributed by atoms with E-state index in [0.717, 1.165) is 0 Å². The number of hydrogen-bond acceptors (Lipinski definition) is 9. The van der Waals surface area contributed by atoms with Gasteiger partial charge in [-0.05, 0) is 75.7 Å². The average Bonchev–Trinajstić information content (AvgIpc) is 3.19. The van der Waals surface area contributed by atoms with Gasteiger partial charge >= 0.3 is 12.1 Å². The molecule has 3 rings (SSSR count). The second-order valence-corrected chi connectivity index (χ2v) is 10.5. The highest BCUT2D eigenvalue weighted by Gasteiger charge is 2.23. The summed E-state index contributed by atoms with van der Waals surface area (Å²) in [5.74, 6) is -0.113. The molecule has 1 aromatic carbocycles. The lowest BCUT2D eigenvalue weighted by Gasteiger charge is -2.26. The Balaban J connectivity index is 1.86. The number of amides is 1. The van der Waals surface area contributed by atoms with Gasteiger partial charge in [0.15, 0.2) is 11.5 Å². The Hall–Kier alpha value is -3.61. The number of benzene rings is 1. The number of hydrogen-bond donors (Lipinski definition) is 2. The Bertz CT molecular complexity index is 1340. The fourth-order valence-corrected chi connectivity index (χ4v) is 4.14. The Morgan fingerprint density at radius 2 is 1.97 bits per heavy atom. The third-order valence-corrected chi connectivity index (χ3v) is 6.30. The zero-order chi connectivity index (χ0) is 28.9. The van der Waals surface area contributed by atoms with Crippen LogP contribution in [0.4, 0.5) is 20.8 Å². The van der Waals surface area contributed by atoms with Crippen LogP contribution in [0.5, 0.6) is 5.75 Å². The van der Waals surface area contributed by atoms with E-state index in [1.165, 1.54) is 10.6 Å². The van der Waals surface area contributed by atoms with Gasteiger partial charge in [0.25, 0.3) is 0 Å². The van der Waals surface area contributed by atoms with Crippen LogP contribution in [0.2, 0.25) is 0 Å². The first-order valence-corrected chi connectivity index (χ1v) is 13.3. The Morgan fingerprint density at radius 1 is 1.26 bits per heavy atom. The molecular formula is C26H34BrFN6O5. The standard InChI is InChI=1S/C26H34BrFN6O5/c1-7-33(19-11-12-34-23(31-19)20(22(29)32-34)24(35)37-8-2)14-16-18(10-9-17(28)21(16)27)38-15(3)13-30-25(36)39-26(4,5)6/h9-12,15H,7-8,13-14H2,1-6H3,(H2,29,32)(H,30,36)/t15-/m0/s1. The second-order valence-electron chi connectivity index (χ2n) is 9.70. The molecule has 212 valence electrons. The number of esters is 1. The molecular weight excluding hydrogens is 575 g/mol. The molecule has 1 atom stereocenters. The SMILES string of the molecule is CCOC(=O)c1c(N)nn2ccc(N(CC)Cc3c(O[C@@H](C)CNC(=O)OC(C)(C)C)ccc(F)c3Br)nc12. The summed E-state index contributed by atoms with van der Waals surface area (Å²) in [4.78, 5) is 31.0. The van der Waals surface area contributed by atoms with Crippen molar-refractivity contribution in [3.05, 3.63) is 45.8 Å². The first-order chi connectivity index (χ1) is 18.3. The molecule has 13 heteroatoms. The number of anilines is 2. The maximum atomic E-state index is 14.6. The number of alkyl carbamates (subject to hydrolysis) is 1. The minimum absolute atomic E-state index is 0.0127. The fraction of sp³-hybridized carbons (Fsp3) is 0.462. The molecule has 11 nitrogen and oxygen atoms in total. The number of carbonyl (C=O) groups is 2. The number of nitrogens with two attached hydrogens (primary N) is 1. The highest BCUT2D eigenvalue weighted by atomic mass is 79.9. The van der Waals surface area contributed by atoms with E-state index in [1.807, 2.05) is 11.8 Å². The quantitative estimate of drug-likeness (QED) is 0.314. The van der Waals surface area contributed by atoms with Gasteiger partial charge in [-0.25, -0.2) is 23.5 Å². The number of halogens is 2. The van der Waals surface area contributed by atoms with Crippen molar-refractivity contribution in [1.29, 1.82) is 0 Å². The van der Waals surface area contributed by atoms with Crippen LogP contribution in [0, 0.1) is 5.82 Å². The summed E-state index contributed by atoms with van der Waals surface area (Å²) in [6.07, 6.45) is 0.641. The second kappa shape index (κ2) is 12.5. The molecule has 0 unspecified atom stereocenters. The molecule has 0 aliphatic carbocycles. The van der Waals surface area contributed by atoms with Crippen molar-refractivity contribution in [3.63, 3.8) is 0 Å². The summed E-state index contributed by atoms with van der Waals surface area (Å²) < 4.78 is 32.7. The zero-order valence-electron chi connectivity index (χ0n) is 22.9. The topological polar surface area (TPSA) is 133 Å². The lowest BCUT2D eigenvalue weighted by atomic mass is 10.1. The smallest absolute Gasteiger partial charge is 0.407 e. The van der Waals surface area contributed by atoms with Crippen LogP contribution in [-0.2, 0) is 16.0 Å². The highest BCUT2D eigenvalue weighted by Crippen LogP contribution is 2.33. The van der Waals surface area contributed by atoms with Crippen molar-refractivity contribution in [2.75, 3.05) is 30.3 Å². The van der Waals surface area contributed by atoms with E-state index in [1.54, 1.807) is 52.9 Å². The molecule has 3 aromatic rings. The lowest BCUT2D eigenvalue weighted by molar-refractivity contribution is 0.0501. The molecule has 3 N–H and O–H groups in total. The van der Waals surface area contributed by atoms with Crippen molar-refractivity contribution in [2.45, 2.75) is 59.8 Å². The van der Waals surface area contributed by atoms with Gasteiger partial charge < -0.3 is 30.2 Å². The van der Waals surface area contributed by atoms with Crippen LogP contribution in [0.25, 0.3) is 5.65 Å². The number of carbonyl (C=O) groups excluding carboxylic acids is 2. The zero-order valence-corrected chi connectivity index (χ0v) is 24.5. The van der Waals surface area contributed by atoms with E-state index in [4.69, 9.17) is 19.9 Å². The van der Waals surface area contributed by atoms with Crippen LogP contribution in [0.1, 0.15) is 57.5 Å². The summed E-state index contributed by atoms with van der Waals surface area (Å²) >= 11 is 3.35. The Kier molecular flexibility index (Phi) is 9.59. The predicted octanol–water partition coefficient (Wildman–Crippen LogP) is 4.71. The summed E-state index contributed by atoms with van der Waals surface area (Å²) in [6.45, 7) is 11.8. The molecule has 2 aromatic heterocycles. The monoisotopic (exact) mass is 608 g/mol. The molecule has 0 saturated heterocycles. The van der Waals surface area contributed by atoms with Crippen LogP contribution in [0.15, 0.2) is 28.9 Å². The van der Waals surface area contributed by atoms with Crippen molar-refractivity contribution < 1.29 is 28.2 Å². The predicted molar refractivity (Wildman–Crippen MR) is 149 cm³/mol. The van der Waals surface area contributed by atoms with Gasteiger partial charge in [0.2, 0.25) is 0 Å². The number of nitrogen functional groups attached to an aromatic ring is 1. The van der Waals surface area contributed by atoms with Crippen molar-refractivity contribution in [1.82, 2.24) is 19.9 Å². The number of nitrogens with zero attached hydrogens (tertiary/aromatic N) is 4. The molecule has 0 aliphatic rings. The van der Waals surface area contributed by atoms with E-state index in [0.29, 0.717) is 23.7 Å². The molecule has 0 aliphatic heterocycles. The molecule has 1 amide bonds. The number of ether oxygens (including phenoxy) is 3. The fourth-order valence-electron chi connectivity index (χ4n) is 3.69. The maximum absolute atomic E-state index is 14.6. The molecule has 0 spiro atoms. The van der Waals surface area contributed by atoms with Gasteiger partial charge in [-0.2, -0.15) is 0 Å². The molecule has 0 bridgehead atoms. The van der Waals surface area contributed by atoms with Gasteiger partial charge in [-0.1, -0.05) is 0 Å². The summed E-state index contributed by atoms with van der Waals surface area (Å²) in [6, 6.07) is 4.57. The van der Waals surface area contributed by atoms with Gasteiger partial charge in [0, 0.05) is 24.8 Å². The first kappa shape index (κ1) is 29.9. The van der Waals surface area contributed by atoms with Gasteiger partial charge in [-0.15, -0.1) is 5.10 Å². The van der Waals surface area contributed by atoms with Crippen LogP contribution >= 0.6 is 15.9 Å². The summed E-state index contributed by atoms with van der Waals surface area (Å²) in [7, 11) is 0. The van der Waals surface area contributed by atoms with Crippen LogP contribution in [0.3, 0.4) is 0 Å². The van der Waals surface area contributed by atoms with E-state index in [-0.39, 0.29) is 41.2 Å². The van der Waals surface area contributed by atoms with Gasteiger partial charge in [-0.3, -0.25) is 0 Å². The van der Waals surface area contributed by atoms with E-state index in [2.05, 4.69) is 31.3 Å². The normalized spacial score (nSPS) is 12.2. The molecule has 0 radical (unpaired) electrons. The third kappa shape index (κ3) is 7.49.